The molecule has 1 heterocycles. The minimum absolute atomic E-state index is 0.270. The minimum atomic E-state index is -0.752. The molecule has 6 heteroatoms. The van der Waals surface area contributed by atoms with Gasteiger partial charge in [-0.1, -0.05) is 54.1 Å². The molecular formula is C25H24N3O3+. The molecule has 3 aromatic rings. The van der Waals surface area contributed by atoms with Crippen LogP contribution >= 0.6 is 0 Å². The Morgan fingerprint density at radius 3 is 2.48 bits per heavy atom. The van der Waals surface area contributed by atoms with Gasteiger partial charge in [0.05, 0.1) is 7.11 Å². The van der Waals surface area contributed by atoms with E-state index in [9.17, 15) is 9.59 Å². The minimum Gasteiger partial charge on any atom is -0.497 e. The third-order valence-corrected chi connectivity index (χ3v) is 5.26. The maximum Gasteiger partial charge on any atom is 0.304 e. The van der Waals surface area contributed by atoms with Crippen molar-refractivity contribution in [1.29, 1.82) is 0 Å². The largest absolute Gasteiger partial charge is 0.497 e. The first-order valence-corrected chi connectivity index (χ1v) is 10.1. The van der Waals surface area contributed by atoms with Gasteiger partial charge in [-0.3, -0.25) is 9.59 Å². The van der Waals surface area contributed by atoms with Crippen LogP contribution in [0.25, 0.3) is 0 Å². The highest BCUT2D eigenvalue weighted by molar-refractivity contribution is 5.98. The topological polar surface area (TPSA) is 70.4 Å². The van der Waals surface area contributed by atoms with Crippen LogP contribution in [-0.4, -0.2) is 35.9 Å². The number of hydrogen-bond acceptors (Lipinski definition) is 3. The summed E-state index contributed by atoms with van der Waals surface area (Å²) < 4.78 is 7.04. The summed E-state index contributed by atoms with van der Waals surface area (Å²) in [6.45, 7) is 1.96. The molecule has 6 nitrogen and oxygen atoms in total. The number of hydrazine groups is 1. The molecule has 1 aliphatic heterocycles. The van der Waals surface area contributed by atoms with E-state index in [1.54, 1.807) is 23.9 Å². The van der Waals surface area contributed by atoms with Gasteiger partial charge in [-0.2, -0.15) is 0 Å². The van der Waals surface area contributed by atoms with E-state index in [1.807, 2.05) is 79.9 Å². The van der Waals surface area contributed by atoms with E-state index >= 15 is 0 Å². The van der Waals surface area contributed by atoms with Crippen molar-refractivity contribution in [2.75, 3.05) is 7.11 Å². The summed E-state index contributed by atoms with van der Waals surface area (Å²) in [6.07, 6.45) is 1.84. The zero-order chi connectivity index (χ0) is 21.8. The molecule has 0 unspecified atom stereocenters. The van der Waals surface area contributed by atoms with E-state index in [0.29, 0.717) is 5.56 Å². The second-order valence-corrected chi connectivity index (χ2v) is 7.46. The molecule has 1 aliphatic rings. The van der Waals surface area contributed by atoms with Crippen molar-refractivity contribution in [3.63, 3.8) is 0 Å². The molecule has 3 aromatic carbocycles. The van der Waals surface area contributed by atoms with Crippen molar-refractivity contribution < 1.29 is 19.0 Å². The highest BCUT2D eigenvalue weighted by atomic mass is 16.5. The van der Waals surface area contributed by atoms with Gasteiger partial charge in [0, 0.05) is 16.7 Å². The lowest BCUT2D eigenvalue weighted by Gasteiger charge is -2.14. The highest BCUT2D eigenvalue weighted by Crippen LogP contribution is 2.25. The molecule has 4 rings (SSSR count). The van der Waals surface area contributed by atoms with Crippen molar-refractivity contribution in [3.8, 4) is 5.75 Å². The van der Waals surface area contributed by atoms with Gasteiger partial charge in [0.1, 0.15) is 5.75 Å². The summed E-state index contributed by atoms with van der Waals surface area (Å²) >= 11 is 0. The number of nitrogens with one attached hydrogen (secondary N) is 2. The fourth-order valence-electron chi connectivity index (χ4n) is 3.64. The summed E-state index contributed by atoms with van der Waals surface area (Å²) in [5.74, 6) is 0.164. The molecule has 0 aromatic heterocycles. The lowest BCUT2D eigenvalue weighted by Crippen LogP contribution is -2.42. The molecular weight excluding hydrogens is 390 g/mol. The lowest BCUT2D eigenvalue weighted by atomic mass is 9.99. The lowest BCUT2D eigenvalue weighted by molar-refractivity contribution is -0.596. The summed E-state index contributed by atoms with van der Waals surface area (Å²) in [6, 6.07) is 23.3. The number of amides is 2. The smallest absolute Gasteiger partial charge is 0.304 e. The van der Waals surface area contributed by atoms with Crippen LogP contribution in [0.3, 0.4) is 0 Å². The number of hydrazone groups is 1. The van der Waals surface area contributed by atoms with Crippen molar-refractivity contribution in [3.05, 3.63) is 101 Å². The normalized spacial score (nSPS) is 19.2. The predicted molar refractivity (Wildman–Crippen MR) is 118 cm³/mol. The number of methoxy groups -OCH3 is 1. The fraction of sp³-hybridized carbons (Fsp3) is 0.160. The van der Waals surface area contributed by atoms with Crippen LogP contribution in [0.4, 0.5) is 0 Å². The van der Waals surface area contributed by atoms with Crippen LogP contribution in [0.15, 0.2) is 78.9 Å². The molecule has 2 N–H and O–H groups in total. The first kappa shape index (κ1) is 20.3. The zero-order valence-corrected chi connectivity index (χ0v) is 17.4. The van der Waals surface area contributed by atoms with Crippen LogP contribution in [0.2, 0.25) is 0 Å². The highest BCUT2D eigenvalue weighted by Gasteiger charge is 2.47. The zero-order valence-electron chi connectivity index (χ0n) is 17.4. The quantitative estimate of drug-likeness (QED) is 0.631. The van der Waals surface area contributed by atoms with Gasteiger partial charge < -0.3 is 10.1 Å². The van der Waals surface area contributed by atoms with E-state index in [-0.39, 0.29) is 11.8 Å². The third kappa shape index (κ3) is 4.48. The second kappa shape index (κ2) is 8.83. The standard InChI is InChI=1S/C25H23N3O3/c1-17-11-13-20(14-12-17)24(29)26-22-23(19-8-4-3-5-9-19)28(27-25(22)30)16-18-7-6-10-21(15-18)31-2/h3-16,22-23H,1-2H3,(H-,26,27,29,30)/p+1/b28-16-/t22-,23+/m1/s1. The molecule has 2 atom stereocenters. The van der Waals surface area contributed by atoms with Crippen molar-refractivity contribution in [2.24, 2.45) is 0 Å². The van der Waals surface area contributed by atoms with Crippen LogP contribution in [0, 0.1) is 6.92 Å². The number of carbonyl (C=O) groups is 2. The third-order valence-electron chi connectivity index (χ3n) is 5.26. The van der Waals surface area contributed by atoms with Gasteiger partial charge in [0.2, 0.25) is 12.3 Å². The molecule has 0 saturated carbocycles. The van der Waals surface area contributed by atoms with Crippen LogP contribution in [-0.2, 0) is 4.79 Å². The molecule has 2 amide bonds. The summed E-state index contributed by atoms with van der Waals surface area (Å²) in [4.78, 5) is 25.7. The van der Waals surface area contributed by atoms with E-state index < -0.39 is 12.1 Å². The van der Waals surface area contributed by atoms with Crippen LogP contribution < -0.4 is 15.5 Å². The number of ether oxygens (including phenoxy) is 1. The number of aryl methyl sites for hydroxylation is 1. The molecule has 0 aliphatic carbocycles. The Morgan fingerprint density at radius 2 is 1.77 bits per heavy atom. The maximum absolute atomic E-state index is 12.9. The summed E-state index contributed by atoms with van der Waals surface area (Å²) in [5.41, 5.74) is 6.25. The Labute approximate surface area is 181 Å². The SMILES string of the molecule is COc1cccc(/C=[N+]2\NC(=O)[C@H](NC(=O)c3ccc(C)cc3)[C@@H]2c2ccccc2)c1. The molecule has 0 radical (unpaired) electrons. The van der Waals surface area contributed by atoms with Crippen LogP contribution in [0.1, 0.15) is 33.1 Å². The van der Waals surface area contributed by atoms with Crippen molar-refractivity contribution in [2.45, 2.75) is 19.0 Å². The second-order valence-electron chi connectivity index (χ2n) is 7.46. The number of carbonyl (C=O) groups excluding carboxylic acids is 2. The first-order chi connectivity index (χ1) is 15.0. The van der Waals surface area contributed by atoms with Gasteiger partial charge >= 0.3 is 5.91 Å². The van der Waals surface area contributed by atoms with Gasteiger partial charge in [0.15, 0.2) is 6.04 Å². The van der Waals surface area contributed by atoms with E-state index in [4.69, 9.17) is 4.74 Å². The van der Waals surface area contributed by atoms with E-state index in [2.05, 4.69) is 10.7 Å². The van der Waals surface area contributed by atoms with E-state index in [1.165, 1.54) is 0 Å². The molecule has 156 valence electrons. The van der Waals surface area contributed by atoms with Crippen molar-refractivity contribution >= 4 is 18.0 Å². The average molecular weight is 414 g/mol. The van der Waals surface area contributed by atoms with Crippen LogP contribution in [0.5, 0.6) is 5.75 Å². The molecule has 1 fully saturated rings. The molecule has 0 bridgehead atoms. The van der Waals surface area contributed by atoms with Gasteiger partial charge in [-0.05, 0) is 37.3 Å². The average Bonchev–Trinajstić information content (AvgIpc) is 3.09. The maximum atomic E-state index is 12.9. The monoisotopic (exact) mass is 414 g/mol. The Morgan fingerprint density at radius 1 is 1.03 bits per heavy atom. The Bertz CT molecular complexity index is 1120. The Kier molecular flexibility index (Phi) is 5.80. The molecule has 1 saturated heterocycles. The number of hydrogen-bond donors (Lipinski definition) is 2. The van der Waals surface area contributed by atoms with Gasteiger partial charge in [-0.25, -0.2) is 0 Å². The van der Waals surface area contributed by atoms with E-state index in [0.717, 1.165) is 22.4 Å². The number of benzene rings is 3. The number of nitrogens with zero attached hydrogens (tertiary/aromatic N) is 1. The summed E-state index contributed by atoms with van der Waals surface area (Å²) in [7, 11) is 1.61. The fourth-order valence-corrected chi connectivity index (χ4v) is 3.64. The number of rotatable bonds is 5. The Hall–Kier alpha value is -3.93. The first-order valence-electron chi connectivity index (χ1n) is 10.1. The Balaban J connectivity index is 1.68. The van der Waals surface area contributed by atoms with Gasteiger partial charge in [-0.15, -0.1) is 10.1 Å². The summed E-state index contributed by atoms with van der Waals surface area (Å²) in [5, 5.41) is 2.91. The predicted octanol–water partition coefficient (Wildman–Crippen LogP) is 3.02. The molecule has 0 spiro atoms. The molecule has 31 heavy (non-hydrogen) atoms. The van der Waals surface area contributed by atoms with Crippen molar-refractivity contribution in [1.82, 2.24) is 10.7 Å². The van der Waals surface area contributed by atoms with Gasteiger partial charge in [0.25, 0.3) is 5.91 Å².